The fourth-order valence-corrected chi connectivity index (χ4v) is 5.23. The SMILES string of the molecule is COC(=O)c1cn([C@H]2C[C@@H](C(=O)NCCc3c[nH]c4ccccc34)N(Cc3ccsc3)C2)nn1. The molecule has 0 unspecified atom stereocenters. The number of likely N-dealkylation sites (tertiary alicyclic amines) is 1. The molecule has 2 atom stereocenters. The molecule has 1 aromatic carbocycles. The second-order valence-corrected chi connectivity index (χ2v) is 9.22. The highest BCUT2D eigenvalue weighted by Crippen LogP contribution is 2.29. The molecule has 1 aliphatic heterocycles. The quantitative estimate of drug-likeness (QED) is 0.377. The lowest BCUT2D eigenvalue weighted by molar-refractivity contribution is -0.125. The Morgan fingerprint density at radius 2 is 2.18 bits per heavy atom. The number of aromatic amines is 1. The van der Waals surface area contributed by atoms with Gasteiger partial charge in [-0.25, -0.2) is 9.48 Å². The van der Waals surface area contributed by atoms with E-state index in [1.165, 1.54) is 23.6 Å². The van der Waals surface area contributed by atoms with E-state index in [-0.39, 0.29) is 23.7 Å². The summed E-state index contributed by atoms with van der Waals surface area (Å²) >= 11 is 1.64. The largest absolute Gasteiger partial charge is 0.464 e. The molecule has 1 saturated heterocycles. The van der Waals surface area contributed by atoms with Gasteiger partial charge in [-0.15, -0.1) is 5.10 Å². The first-order chi connectivity index (χ1) is 16.6. The monoisotopic (exact) mass is 478 g/mol. The molecular formula is C24H26N6O3S. The van der Waals surface area contributed by atoms with E-state index in [0.29, 0.717) is 26.1 Å². The molecule has 0 aliphatic carbocycles. The van der Waals surface area contributed by atoms with Gasteiger partial charge in [-0.05, 0) is 46.9 Å². The third-order valence-corrected chi connectivity index (χ3v) is 7.03. The predicted molar refractivity (Wildman–Crippen MR) is 129 cm³/mol. The maximum absolute atomic E-state index is 13.2. The molecule has 0 saturated carbocycles. The van der Waals surface area contributed by atoms with Crippen molar-refractivity contribution < 1.29 is 14.3 Å². The van der Waals surface area contributed by atoms with Gasteiger partial charge in [0.15, 0.2) is 5.69 Å². The minimum atomic E-state index is -0.522. The van der Waals surface area contributed by atoms with E-state index in [4.69, 9.17) is 4.74 Å². The molecule has 3 aromatic heterocycles. The molecule has 4 aromatic rings. The van der Waals surface area contributed by atoms with E-state index in [9.17, 15) is 9.59 Å². The lowest BCUT2D eigenvalue weighted by Gasteiger charge is -2.23. The average molecular weight is 479 g/mol. The first-order valence-corrected chi connectivity index (χ1v) is 12.1. The molecule has 9 nitrogen and oxygen atoms in total. The van der Waals surface area contributed by atoms with Crippen LogP contribution in [0, 0.1) is 0 Å². The number of para-hydroxylation sites is 1. The zero-order valence-corrected chi connectivity index (χ0v) is 19.6. The van der Waals surface area contributed by atoms with Gasteiger partial charge in [0.1, 0.15) is 0 Å². The predicted octanol–water partition coefficient (Wildman–Crippen LogP) is 2.78. The summed E-state index contributed by atoms with van der Waals surface area (Å²) in [5.41, 5.74) is 3.63. The highest BCUT2D eigenvalue weighted by Gasteiger charge is 2.38. The van der Waals surface area contributed by atoms with Gasteiger partial charge in [0.05, 0.1) is 25.4 Å². The van der Waals surface area contributed by atoms with E-state index >= 15 is 0 Å². The maximum Gasteiger partial charge on any atom is 0.360 e. The number of nitrogens with one attached hydrogen (secondary N) is 2. The smallest absolute Gasteiger partial charge is 0.360 e. The Morgan fingerprint density at radius 3 is 3.00 bits per heavy atom. The number of ether oxygens (including phenoxy) is 1. The summed E-state index contributed by atoms with van der Waals surface area (Å²) in [7, 11) is 1.32. The number of esters is 1. The lowest BCUT2D eigenvalue weighted by atomic mass is 10.1. The van der Waals surface area contributed by atoms with Gasteiger partial charge in [-0.1, -0.05) is 23.4 Å². The van der Waals surface area contributed by atoms with Crippen molar-refractivity contribution in [1.29, 1.82) is 0 Å². The Bertz CT molecular complexity index is 1280. The highest BCUT2D eigenvalue weighted by atomic mass is 32.1. The van der Waals surface area contributed by atoms with Crippen LogP contribution in [0.3, 0.4) is 0 Å². The van der Waals surface area contributed by atoms with Crippen LogP contribution in [0.25, 0.3) is 10.9 Å². The van der Waals surface area contributed by atoms with Gasteiger partial charge in [-0.3, -0.25) is 9.69 Å². The number of nitrogens with zero attached hydrogens (tertiary/aromatic N) is 4. The van der Waals surface area contributed by atoms with Crippen LogP contribution in [0.4, 0.5) is 0 Å². The van der Waals surface area contributed by atoms with Gasteiger partial charge in [-0.2, -0.15) is 11.3 Å². The van der Waals surface area contributed by atoms with Crippen molar-refractivity contribution in [3.8, 4) is 0 Å². The van der Waals surface area contributed by atoms with Crippen LogP contribution in [0.1, 0.15) is 34.1 Å². The zero-order chi connectivity index (χ0) is 23.5. The van der Waals surface area contributed by atoms with E-state index in [1.54, 1.807) is 22.2 Å². The number of methoxy groups -OCH3 is 1. The molecule has 1 fully saturated rings. The molecule has 2 N–H and O–H groups in total. The van der Waals surface area contributed by atoms with Crippen LogP contribution in [0.2, 0.25) is 0 Å². The van der Waals surface area contributed by atoms with Gasteiger partial charge in [0.2, 0.25) is 5.91 Å². The second-order valence-electron chi connectivity index (χ2n) is 8.44. The number of hydrogen-bond donors (Lipinski definition) is 2. The third kappa shape index (κ3) is 4.59. The number of thiophene rings is 1. The molecule has 1 amide bonds. The van der Waals surface area contributed by atoms with Crippen LogP contribution < -0.4 is 5.32 Å². The summed E-state index contributed by atoms with van der Waals surface area (Å²) in [4.78, 5) is 30.5. The minimum Gasteiger partial charge on any atom is -0.464 e. The number of aromatic nitrogens is 4. The number of fused-ring (bicyclic) bond motifs is 1. The molecule has 0 bridgehead atoms. The standard InChI is InChI=1S/C24H26N6O3S/c1-33-24(32)21-14-30(28-27-21)18-10-22(29(13-18)12-16-7-9-34-15-16)23(31)25-8-6-17-11-26-20-5-3-2-4-19(17)20/h2-5,7,9,11,14-15,18,22,26H,6,8,10,12-13H2,1H3,(H,25,31)/t18-,22-/m0/s1. The van der Waals surface area contributed by atoms with E-state index in [2.05, 4.69) is 43.0 Å². The van der Waals surface area contributed by atoms with Crippen molar-refractivity contribution in [2.24, 2.45) is 0 Å². The van der Waals surface area contributed by atoms with Crippen molar-refractivity contribution in [3.05, 3.63) is 70.3 Å². The Kier molecular flexibility index (Phi) is 6.41. The molecule has 10 heteroatoms. The van der Waals surface area contributed by atoms with Crippen molar-refractivity contribution in [2.75, 3.05) is 20.2 Å². The van der Waals surface area contributed by atoms with E-state index in [0.717, 1.165) is 11.9 Å². The first kappa shape index (κ1) is 22.3. The maximum atomic E-state index is 13.2. The van der Waals surface area contributed by atoms with Crippen LogP contribution in [0.15, 0.2) is 53.5 Å². The second kappa shape index (κ2) is 9.78. The van der Waals surface area contributed by atoms with Crippen LogP contribution in [-0.2, 0) is 22.5 Å². The molecule has 0 spiro atoms. The minimum absolute atomic E-state index is 0.00544. The van der Waals surface area contributed by atoms with Gasteiger partial charge < -0.3 is 15.0 Å². The fourth-order valence-electron chi connectivity index (χ4n) is 4.57. The number of H-pyrrole nitrogens is 1. The number of amides is 1. The topological polar surface area (TPSA) is 105 Å². The van der Waals surface area contributed by atoms with Crippen molar-refractivity contribution >= 4 is 34.1 Å². The number of rotatable bonds is 8. The Balaban J connectivity index is 1.26. The number of hydrogen-bond acceptors (Lipinski definition) is 7. The van der Waals surface area contributed by atoms with Crippen molar-refractivity contribution in [1.82, 2.24) is 30.2 Å². The van der Waals surface area contributed by atoms with Crippen LogP contribution in [0.5, 0.6) is 0 Å². The number of carbonyl (C=O) groups is 2. The number of benzene rings is 1. The number of carbonyl (C=O) groups excluding carboxylic acids is 2. The summed E-state index contributed by atoms with van der Waals surface area (Å²) in [5, 5.41) is 16.5. The molecule has 176 valence electrons. The highest BCUT2D eigenvalue weighted by molar-refractivity contribution is 7.07. The fraction of sp³-hybridized carbons (Fsp3) is 0.333. The molecule has 0 radical (unpaired) electrons. The zero-order valence-electron chi connectivity index (χ0n) is 18.8. The molecule has 4 heterocycles. The van der Waals surface area contributed by atoms with Crippen LogP contribution in [-0.4, -0.2) is 63.0 Å². The van der Waals surface area contributed by atoms with Crippen molar-refractivity contribution in [2.45, 2.75) is 31.5 Å². The molecule has 34 heavy (non-hydrogen) atoms. The summed E-state index contributed by atoms with van der Waals surface area (Å²) in [6.45, 7) is 1.88. The summed E-state index contributed by atoms with van der Waals surface area (Å²) in [6, 6.07) is 9.89. The molecule has 5 rings (SSSR count). The Morgan fingerprint density at radius 1 is 1.29 bits per heavy atom. The van der Waals surface area contributed by atoms with Crippen molar-refractivity contribution in [3.63, 3.8) is 0 Å². The Hall–Kier alpha value is -3.50. The Labute approximate surface area is 200 Å². The van der Waals surface area contributed by atoms with Gasteiger partial charge in [0.25, 0.3) is 0 Å². The average Bonchev–Trinajstić information content (AvgIpc) is 3.65. The first-order valence-electron chi connectivity index (χ1n) is 11.2. The lowest BCUT2D eigenvalue weighted by Crippen LogP contribution is -2.43. The molecular weight excluding hydrogens is 452 g/mol. The van der Waals surface area contributed by atoms with E-state index < -0.39 is 5.97 Å². The van der Waals surface area contributed by atoms with E-state index in [1.807, 2.05) is 29.8 Å². The van der Waals surface area contributed by atoms with Crippen LogP contribution >= 0.6 is 11.3 Å². The normalized spacial score (nSPS) is 18.4. The summed E-state index contributed by atoms with van der Waals surface area (Å²) in [6.07, 6.45) is 4.94. The summed E-state index contributed by atoms with van der Waals surface area (Å²) in [5.74, 6) is -0.517. The molecule has 1 aliphatic rings. The third-order valence-electron chi connectivity index (χ3n) is 6.30. The van der Waals surface area contributed by atoms with Gasteiger partial charge >= 0.3 is 5.97 Å². The summed E-state index contributed by atoms with van der Waals surface area (Å²) < 4.78 is 6.41. The van der Waals surface area contributed by atoms with Gasteiger partial charge in [0, 0.05) is 36.7 Å².